The number of halogens is 1. The largest absolute Gasteiger partial charge is 0.444 e. The Morgan fingerprint density at radius 3 is 2.81 bits per heavy atom. The molecular weight excluding hydrogens is 490 g/mol. The molecule has 6 nitrogen and oxygen atoms in total. The SMILES string of the molecule is CC(C)(C)OC(=O)N1[C@@H](C[C@@H](Sc2cc(Br)ccc2C#N)c2cccnc2)COC1(C)C. The van der Waals surface area contributed by atoms with Gasteiger partial charge < -0.3 is 9.47 Å². The fourth-order valence-corrected chi connectivity index (χ4v) is 5.49. The highest BCUT2D eigenvalue weighted by molar-refractivity contribution is 9.10. The Kier molecular flexibility index (Phi) is 7.53. The maximum absolute atomic E-state index is 13.1. The van der Waals surface area contributed by atoms with Gasteiger partial charge in [0.15, 0.2) is 0 Å². The number of benzene rings is 1. The van der Waals surface area contributed by atoms with E-state index in [1.807, 2.05) is 71.1 Å². The highest BCUT2D eigenvalue weighted by atomic mass is 79.9. The van der Waals surface area contributed by atoms with E-state index < -0.39 is 11.3 Å². The minimum absolute atomic E-state index is 0.0439. The first-order valence-corrected chi connectivity index (χ1v) is 12.1. The zero-order valence-electron chi connectivity index (χ0n) is 19.0. The van der Waals surface area contributed by atoms with Gasteiger partial charge in [-0.2, -0.15) is 5.26 Å². The average molecular weight is 518 g/mol. The second-order valence-corrected chi connectivity index (χ2v) is 11.3. The zero-order valence-corrected chi connectivity index (χ0v) is 21.4. The molecule has 1 aromatic heterocycles. The fourth-order valence-electron chi connectivity index (χ4n) is 3.64. The summed E-state index contributed by atoms with van der Waals surface area (Å²) in [6.07, 6.45) is 3.80. The molecule has 2 atom stereocenters. The molecule has 0 unspecified atom stereocenters. The summed E-state index contributed by atoms with van der Waals surface area (Å²) in [4.78, 5) is 19.9. The topological polar surface area (TPSA) is 75.5 Å². The Morgan fingerprint density at radius 2 is 2.19 bits per heavy atom. The van der Waals surface area contributed by atoms with E-state index in [0.29, 0.717) is 18.6 Å². The van der Waals surface area contributed by atoms with E-state index in [1.54, 1.807) is 22.9 Å². The molecule has 1 fully saturated rings. The van der Waals surface area contributed by atoms with E-state index in [1.165, 1.54) is 0 Å². The van der Waals surface area contributed by atoms with Crippen LogP contribution in [-0.4, -0.2) is 40.0 Å². The van der Waals surface area contributed by atoms with Gasteiger partial charge in [-0.25, -0.2) is 4.79 Å². The van der Waals surface area contributed by atoms with Crippen molar-refractivity contribution >= 4 is 33.8 Å². The van der Waals surface area contributed by atoms with Crippen molar-refractivity contribution in [2.75, 3.05) is 6.61 Å². The average Bonchev–Trinajstić information content (AvgIpc) is 3.01. The number of pyridine rings is 1. The fraction of sp³-hybridized carbons (Fsp3) is 0.458. The van der Waals surface area contributed by atoms with Crippen LogP contribution in [0.2, 0.25) is 0 Å². The van der Waals surface area contributed by atoms with Crippen molar-refractivity contribution < 1.29 is 14.3 Å². The highest BCUT2D eigenvalue weighted by Gasteiger charge is 2.46. The van der Waals surface area contributed by atoms with Crippen molar-refractivity contribution in [3.8, 4) is 6.07 Å². The van der Waals surface area contributed by atoms with Gasteiger partial charge in [0.2, 0.25) is 0 Å². The van der Waals surface area contributed by atoms with Crippen LogP contribution < -0.4 is 0 Å². The summed E-state index contributed by atoms with van der Waals surface area (Å²) in [7, 11) is 0. The maximum atomic E-state index is 13.1. The van der Waals surface area contributed by atoms with Crippen LogP contribution in [0.1, 0.15) is 57.4 Å². The van der Waals surface area contributed by atoms with Crippen LogP contribution in [0.25, 0.3) is 0 Å². The minimum Gasteiger partial charge on any atom is -0.444 e. The molecule has 0 saturated carbocycles. The Balaban J connectivity index is 1.92. The number of ether oxygens (including phenoxy) is 2. The predicted molar refractivity (Wildman–Crippen MR) is 128 cm³/mol. The van der Waals surface area contributed by atoms with E-state index in [2.05, 4.69) is 27.0 Å². The molecule has 0 radical (unpaired) electrons. The second-order valence-electron chi connectivity index (χ2n) is 9.14. The van der Waals surface area contributed by atoms with Crippen LogP contribution in [0.5, 0.6) is 0 Å². The van der Waals surface area contributed by atoms with Crippen LogP contribution in [0.15, 0.2) is 52.1 Å². The van der Waals surface area contributed by atoms with Gasteiger partial charge in [-0.1, -0.05) is 22.0 Å². The Morgan fingerprint density at radius 1 is 1.44 bits per heavy atom. The van der Waals surface area contributed by atoms with Gasteiger partial charge in [0.25, 0.3) is 0 Å². The Labute approximate surface area is 202 Å². The second kappa shape index (κ2) is 9.82. The molecule has 0 aliphatic carbocycles. The van der Waals surface area contributed by atoms with Crippen molar-refractivity contribution in [1.29, 1.82) is 5.26 Å². The lowest BCUT2D eigenvalue weighted by Gasteiger charge is -2.36. The van der Waals surface area contributed by atoms with Gasteiger partial charge in [-0.15, -0.1) is 11.8 Å². The third-order valence-electron chi connectivity index (χ3n) is 5.04. The molecule has 2 aromatic rings. The van der Waals surface area contributed by atoms with Crippen LogP contribution in [0, 0.1) is 11.3 Å². The third kappa shape index (κ3) is 6.03. The van der Waals surface area contributed by atoms with Crippen LogP contribution in [0.3, 0.4) is 0 Å². The van der Waals surface area contributed by atoms with Gasteiger partial charge in [-0.05, 0) is 70.9 Å². The summed E-state index contributed by atoms with van der Waals surface area (Å²) in [5, 5.41) is 9.54. The van der Waals surface area contributed by atoms with Crippen molar-refractivity contribution in [3.05, 3.63) is 58.3 Å². The maximum Gasteiger partial charge on any atom is 0.412 e. The summed E-state index contributed by atoms with van der Waals surface area (Å²) in [5.74, 6) is 0. The number of thioether (sulfide) groups is 1. The van der Waals surface area contributed by atoms with Crippen molar-refractivity contribution in [1.82, 2.24) is 9.88 Å². The molecule has 1 amide bonds. The van der Waals surface area contributed by atoms with Gasteiger partial charge in [0.1, 0.15) is 17.4 Å². The number of aromatic nitrogens is 1. The van der Waals surface area contributed by atoms with Gasteiger partial charge >= 0.3 is 6.09 Å². The summed E-state index contributed by atoms with van der Waals surface area (Å²) in [5.41, 5.74) is 0.259. The highest BCUT2D eigenvalue weighted by Crippen LogP contribution is 2.43. The molecule has 0 N–H and O–H groups in total. The Bertz CT molecular complexity index is 1000. The standard InChI is InChI=1S/C24H28BrN3O3S/c1-23(2,3)31-22(29)28-19(15-30-24(28,4)5)12-21(17-7-6-10-27-14-17)32-20-11-18(25)9-8-16(20)13-26/h6-11,14,19,21H,12,15H2,1-5H3/t19-,21+/m0/s1. The first-order chi connectivity index (χ1) is 15.0. The minimum atomic E-state index is -0.773. The molecular formula is C24H28BrN3O3S. The van der Waals surface area contributed by atoms with Crippen LogP contribution in [0.4, 0.5) is 4.79 Å². The summed E-state index contributed by atoms with van der Waals surface area (Å²) in [6, 6.07) is 11.6. The number of hydrogen-bond acceptors (Lipinski definition) is 6. The van der Waals surface area contributed by atoms with Crippen molar-refractivity contribution in [2.45, 2.75) is 68.6 Å². The van der Waals surface area contributed by atoms with Crippen LogP contribution >= 0.6 is 27.7 Å². The number of rotatable bonds is 5. The molecule has 0 spiro atoms. The molecule has 0 bridgehead atoms. The number of amides is 1. The molecule has 1 aliphatic heterocycles. The number of carbonyl (C=O) groups excluding carboxylic acids is 1. The summed E-state index contributed by atoms with van der Waals surface area (Å²) >= 11 is 5.10. The number of nitriles is 1. The van der Waals surface area contributed by atoms with Crippen molar-refractivity contribution in [3.63, 3.8) is 0 Å². The predicted octanol–water partition coefficient (Wildman–Crippen LogP) is 6.31. The monoisotopic (exact) mass is 517 g/mol. The first kappa shape index (κ1) is 24.6. The number of nitrogens with zero attached hydrogens (tertiary/aromatic N) is 3. The van der Waals surface area contributed by atoms with E-state index >= 15 is 0 Å². The molecule has 1 saturated heterocycles. The van der Waals surface area contributed by atoms with E-state index in [0.717, 1.165) is 14.9 Å². The summed E-state index contributed by atoms with van der Waals surface area (Å²) < 4.78 is 12.6. The number of hydrogen-bond donors (Lipinski definition) is 0. The molecule has 1 aliphatic rings. The normalized spacial score (nSPS) is 18.8. The van der Waals surface area contributed by atoms with Gasteiger partial charge in [-0.3, -0.25) is 9.88 Å². The van der Waals surface area contributed by atoms with Crippen molar-refractivity contribution in [2.24, 2.45) is 0 Å². The molecule has 3 rings (SSSR count). The van der Waals surface area contributed by atoms with Crippen LogP contribution in [-0.2, 0) is 9.47 Å². The third-order valence-corrected chi connectivity index (χ3v) is 6.87. The smallest absolute Gasteiger partial charge is 0.412 e. The lowest BCUT2D eigenvalue weighted by molar-refractivity contribution is -0.0626. The zero-order chi connectivity index (χ0) is 23.5. The molecule has 32 heavy (non-hydrogen) atoms. The molecule has 2 heterocycles. The lowest BCUT2D eigenvalue weighted by Crippen LogP contribution is -2.50. The van der Waals surface area contributed by atoms with E-state index in [4.69, 9.17) is 9.47 Å². The van der Waals surface area contributed by atoms with Gasteiger partial charge in [0.05, 0.1) is 18.2 Å². The molecule has 8 heteroatoms. The Hall–Kier alpha value is -2.08. The van der Waals surface area contributed by atoms with Gasteiger partial charge in [0, 0.05) is 27.0 Å². The summed E-state index contributed by atoms with van der Waals surface area (Å²) in [6.45, 7) is 9.74. The number of carbonyl (C=O) groups is 1. The quantitative estimate of drug-likeness (QED) is 0.432. The van der Waals surface area contributed by atoms with E-state index in [9.17, 15) is 10.1 Å². The van der Waals surface area contributed by atoms with E-state index in [-0.39, 0.29) is 17.4 Å². The molecule has 170 valence electrons. The first-order valence-electron chi connectivity index (χ1n) is 10.4. The lowest BCUT2D eigenvalue weighted by atomic mass is 10.1. The molecule has 1 aromatic carbocycles.